The van der Waals surface area contributed by atoms with Crippen LogP contribution in [-0.4, -0.2) is 0 Å². The van der Waals surface area contributed by atoms with Gasteiger partial charge in [-0.15, -0.1) is 0 Å². The van der Waals surface area contributed by atoms with E-state index in [0.717, 1.165) is 12.0 Å². The molecule has 1 radical (unpaired) electrons. The minimum absolute atomic E-state index is 0.712. The average molecular weight is 147 g/mol. The Morgan fingerprint density at radius 1 is 1.45 bits per heavy atom. The zero-order chi connectivity index (χ0) is 7.90. The molecule has 1 aliphatic carbocycles. The summed E-state index contributed by atoms with van der Waals surface area (Å²) in [6.45, 7) is 1.96. The van der Waals surface area contributed by atoms with Crippen molar-refractivity contribution in [2.24, 2.45) is 0 Å². The number of rotatable bonds is 1. The van der Waals surface area contributed by atoms with Crippen molar-refractivity contribution in [3.63, 3.8) is 0 Å². The third-order valence-electron chi connectivity index (χ3n) is 2.56. The first-order valence-corrected chi connectivity index (χ1v) is 4.05. The van der Waals surface area contributed by atoms with Crippen molar-refractivity contribution in [2.75, 3.05) is 0 Å². The first-order valence-electron chi connectivity index (χ1n) is 4.05. The summed E-state index contributed by atoms with van der Waals surface area (Å²) >= 11 is 0. The molecule has 1 atom stereocenters. The monoisotopic (exact) mass is 147 g/mol. The van der Waals surface area contributed by atoms with Crippen LogP contribution >= 0.6 is 0 Å². The van der Waals surface area contributed by atoms with E-state index in [1.165, 1.54) is 5.56 Å². The van der Waals surface area contributed by atoms with Crippen molar-refractivity contribution in [2.45, 2.75) is 25.4 Å². The summed E-state index contributed by atoms with van der Waals surface area (Å²) in [6, 6.07) is 7.94. The molecule has 0 aliphatic heterocycles. The van der Waals surface area contributed by atoms with Gasteiger partial charge in [0.15, 0.2) is 0 Å². The predicted octanol–water partition coefficient (Wildman–Crippen LogP) is 2.28. The van der Waals surface area contributed by atoms with Crippen LogP contribution in [0.4, 0.5) is 0 Å². The molecule has 0 aromatic heterocycles. The van der Waals surface area contributed by atoms with Crippen LogP contribution in [0, 0.1) is 0 Å². The molecule has 1 heteroatoms. The highest BCUT2D eigenvalue weighted by Crippen LogP contribution is 2.41. The Kier molecular flexibility index (Phi) is 1.30. The molecule has 0 amide bonds. The van der Waals surface area contributed by atoms with Crippen LogP contribution in [0.1, 0.15) is 24.5 Å². The second kappa shape index (κ2) is 2.08. The van der Waals surface area contributed by atoms with Crippen LogP contribution in [0.2, 0.25) is 0 Å². The summed E-state index contributed by atoms with van der Waals surface area (Å²) in [5.41, 5.74) is 1.50. The van der Waals surface area contributed by atoms with Crippen LogP contribution < -0.4 is 0 Å². The van der Waals surface area contributed by atoms with Crippen molar-refractivity contribution in [3.8, 4) is 0 Å². The normalized spacial score (nSPS) is 27.5. The van der Waals surface area contributed by atoms with E-state index in [1.54, 1.807) is 0 Å². The fraction of sp³-hybridized carbons (Fsp3) is 0.400. The number of hydrogen-bond acceptors (Lipinski definition) is 0. The van der Waals surface area contributed by atoms with Crippen LogP contribution in [-0.2, 0) is 17.1 Å². The van der Waals surface area contributed by atoms with Gasteiger partial charge in [-0.25, -0.2) is 5.11 Å². The maximum absolute atomic E-state index is 11.7. The van der Waals surface area contributed by atoms with Crippen molar-refractivity contribution < 1.29 is 5.11 Å². The van der Waals surface area contributed by atoms with E-state index in [-0.39, 0.29) is 0 Å². The van der Waals surface area contributed by atoms with Crippen LogP contribution in [0.15, 0.2) is 24.3 Å². The van der Waals surface area contributed by atoms with Gasteiger partial charge in [-0.3, -0.25) is 0 Å². The van der Waals surface area contributed by atoms with Gasteiger partial charge in [0, 0.05) is 6.42 Å². The summed E-state index contributed by atoms with van der Waals surface area (Å²) in [5.74, 6) is 0. The summed E-state index contributed by atoms with van der Waals surface area (Å²) in [4.78, 5) is 0. The number of benzene rings is 1. The zero-order valence-electron chi connectivity index (χ0n) is 6.63. The Hall–Kier alpha value is -0.820. The smallest absolute Gasteiger partial charge is 0.132 e. The minimum Gasteiger partial charge on any atom is -0.224 e. The van der Waals surface area contributed by atoms with Crippen LogP contribution in [0.25, 0.3) is 0 Å². The molecule has 1 aliphatic rings. The van der Waals surface area contributed by atoms with Gasteiger partial charge in [-0.05, 0) is 17.5 Å². The van der Waals surface area contributed by atoms with Gasteiger partial charge in [0.2, 0.25) is 0 Å². The van der Waals surface area contributed by atoms with Crippen molar-refractivity contribution >= 4 is 0 Å². The molecule has 11 heavy (non-hydrogen) atoms. The fourth-order valence-electron chi connectivity index (χ4n) is 1.73. The van der Waals surface area contributed by atoms with E-state index in [0.29, 0.717) is 6.42 Å². The van der Waals surface area contributed by atoms with Gasteiger partial charge in [0.1, 0.15) is 5.60 Å². The highest BCUT2D eigenvalue weighted by atomic mass is 16.3. The highest BCUT2D eigenvalue weighted by molar-refractivity contribution is 5.42. The maximum atomic E-state index is 11.7. The topological polar surface area (TPSA) is 19.9 Å². The highest BCUT2D eigenvalue weighted by Gasteiger charge is 2.40. The molecular formula is C10H11O. The SMILES string of the molecule is CCC1([O])Cc2ccccc21. The molecule has 57 valence electrons. The second-order valence-electron chi connectivity index (χ2n) is 3.18. The zero-order valence-corrected chi connectivity index (χ0v) is 6.63. The average Bonchev–Trinajstić information content (AvgIpc) is 2.02. The standard InChI is InChI=1S/C10H11O/c1-2-10(11)7-8-5-3-4-6-9(8)10/h3-6H,2,7H2,1H3. The quantitative estimate of drug-likeness (QED) is 0.580. The fourth-order valence-corrected chi connectivity index (χ4v) is 1.73. The minimum atomic E-state index is -0.753. The Balaban J connectivity index is 2.43. The van der Waals surface area contributed by atoms with E-state index in [4.69, 9.17) is 0 Å². The molecule has 0 spiro atoms. The summed E-state index contributed by atoms with van der Waals surface area (Å²) < 4.78 is 0. The molecule has 0 bridgehead atoms. The third kappa shape index (κ3) is 0.809. The maximum Gasteiger partial charge on any atom is 0.132 e. The Morgan fingerprint density at radius 2 is 2.18 bits per heavy atom. The lowest BCUT2D eigenvalue weighted by Gasteiger charge is -2.36. The van der Waals surface area contributed by atoms with Crippen LogP contribution in [0.3, 0.4) is 0 Å². The lowest BCUT2D eigenvalue weighted by Crippen LogP contribution is -2.36. The number of fused-ring (bicyclic) bond motifs is 1. The number of hydrogen-bond donors (Lipinski definition) is 0. The van der Waals surface area contributed by atoms with Gasteiger partial charge < -0.3 is 0 Å². The van der Waals surface area contributed by atoms with Gasteiger partial charge in [0.05, 0.1) is 0 Å². The van der Waals surface area contributed by atoms with Crippen LogP contribution in [0.5, 0.6) is 0 Å². The van der Waals surface area contributed by atoms with Gasteiger partial charge >= 0.3 is 0 Å². The van der Waals surface area contributed by atoms with E-state index in [9.17, 15) is 5.11 Å². The van der Waals surface area contributed by atoms with E-state index >= 15 is 0 Å². The Labute approximate surface area is 66.7 Å². The molecule has 0 saturated heterocycles. The molecule has 0 N–H and O–H groups in total. The lowest BCUT2D eigenvalue weighted by molar-refractivity contribution is -0.0589. The van der Waals surface area contributed by atoms with Gasteiger partial charge in [-0.1, -0.05) is 31.2 Å². The summed E-state index contributed by atoms with van der Waals surface area (Å²) in [5, 5.41) is 11.7. The van der Waals surface area contributed by atoms with Gasteiger partial charge in [-0.2, -0.15) is 0 Å². The molecule has 1 aromatic rings. The first kappa shape index (κ1) is 6.86. The lowest BCUT2D eigenvalue weighted by atomic mass is 9.72. The van der Waals surface area contributed by atoms with E-state index in [2.05, 4.69) is 0 Å². The second-order valence-corrected chi connectivity index (χ2v) is 3.18. The predicted molar refractivity (Wildman–Crippen MR) is 42.8 cm³/mol. The summed E-state index contributed by atoms with van der Waals surface area (Å²) in [7, 11) is 0. The van der Waals surface area contributed by atoms with Crippen molar-refractivity contribution in [3.05, 3.63) is 35.4 Å². The molecule has 2 rings (SSSR count). The molecule has 0 fully saturated rings. The summed E-state index contributed by atoms with van der Waals surface area (Å²) in [6.07, 6.45) is 1.43. The van der Waals surface area contributed by atoms with Crippen molar-refractivity contribution in [1.29, 1.82) is 0 Å². The van der Waals surface area contributed by atoms with E-state index < -0.39 is 5.60 Å². The molecule has 0 saturated carbocycles. The van der Waals surface area contributed by atoms with E-state index in [1.807, 2.05) is 31.2 Å². The molecule has 1 nitrogen and oxygen atoms in total. The van der Waals surface area contributed by atoms with Crippen molar-refractivity contribution in [1.82, 2.24) is 0 Å². The molecule has 1 unspecified atom stereocenters. The third-order valence-corrected chi connectivity index (χ3v) is 2.56. The van der Waals surface area contributed by atoms with Gasteiger partial charge in [0.25, 0.3) is 0 Å². The molecular weight excluding hydrogens is 136 g/mol. The largest absolute Gasteiger partial charge is 0.224 e. The molecule has 0 heterocycles. The molecule has 1 aromatic carbocycles. The first-order chi connectivity index (χ1) is 5.26. The Morgan fingerprint density at radius 3 is 2.82 bits per heavy atom. The Bertz CT molecular complexity index is 280.